The molecule has 1 aliphatic heterocycles. The first kappa shape index (κ1) is 13.5. The molecule has 4 heteroatoms. The van der Waals surface area contributed by atoms with Crippen molar-refractivity contribution >= 4 is 21.6 Å². The molecule has 0 radical (unpaired) electrons. The highest BCUT2D eigenvalue weighted by Crippen LogP contribution is 2.43. The maximum absolute atomic E-state index is 5.94. The molecule has 1 N–H and O–H groups in total. The Morgan fingerprint density at radius 3 is 3.00 bits per heavy atom. The SMILES string of the molecule is c1cc2nc(C3CC3)sc2cc1OCCC1CCCCN1. The molecule has 1 aromatic heterocycles. The van der Waals surface area contributed by atoms with Gasteiger partial charge in [-0.1, -0.05) is 6.42 Å². The summed E-state index contributed by atoms with van der Waals surface area (Å²) in [5, 5.41) is 4.88. The van der Waals surface area contributed by atoms with E-state index in [1.54, 1.807) is 0 Å². The number of nitrogens with one attached hydrogen (secondary N) is 1. The van der Waals surface area contributed by atoms with Gasteiger partial charge < -0.3 is 10.1 Å². The third-order valence-electron chi connectivity index (χ3n) is 4.45. The molecule has 2 aromatic rings. The first-order valence-corrected chi connectivity index (χ1v) is 8.97. The lowest BCUT2D eigenvalue weighted by Crippen LogP contribution is -2.35. The van der Waals surface area contributed by atoms with Crippen LogP contribution in [0.3, 0.4) is 0 Å². The zero-order chi connectivity index (χ0) is 14.1. The number of aromatic nitrogens is 1. The van der Waals surface area contributed by atoms with Gasteiger partial charge in [-0.05, 0) is 56.8 Å². The second-order valence-electron chi connectivity index (χ2n) is 6.24. The van der Waals surface area contributed by atoms with Crippen LogP contribution >= 0.6 is 11.3 Å². The molecule has 0 bridgehead atoms. The molecule has 2 aliphatic rings. The lowest BCUT2D eigenvalue weighted by molar-refractivity contribution is 0.268. The highest BCUT2D eigenvalue weighted by atomic mass is 32.1. The molecule has 21 heavy (non-hydrogen) atoms. The molecule has 1 saturated carbocycles. The van der Waals surface area contributed by atoms with Crippen molar-refractivity contribution in [2.75, 3.05) is 13.2 Å². The van der Waals surface area contributed by atoms with E-state index in [1.807, 2.05) is 11.3 Å². The minimum absolute atomic E-state index is 0.646. The Morgan fingerprint density at radius 2 is 2.19 bits per heavy atom. The molecule has 1 atom stereocenters. The number of fused-ring (bicyclic) bond motifs is 1. The normalized spacial score (nSPS) is 22.6. The van der Waals surface area contributed by atoms with Gasteiger partial charge in [0, 0.05) is 12.0 Å². The zero-order valence-electron chi connectivity index (χ0n) is 12.3. The molecule has 1 aliphatic carbocycles. The summed E-state index contributed by atoms with van der Waals surface area (Å²) in [7, 11) is 0. The lowest BCUT2D eigenvalue weighted by Gasteiger charge is -2.23. The topological polar surface area (TPSA) is 34.1 Å². The Bertz CT molecular complexity index is 614. The van der Waals surface area contributed by atoms with Crippen molar-refractivity contribution in [1.82, 2.24) is 10.3 Å². The standard InChI is InChI=1S/C17H22N2OS/c1-2-9-18-13(3-1)8-10-20-14-6-7-15-16(11-14)21-17(19-15)12-4-5-12/h6-7,11-13,18H,1-5,8-10H2. The van der Waals surface area contributed by atoms with Crippen LogP contribution in [0.4, 0.5) is 0 Å². The Morgan fingerprint density at radius 1 is 1.24 bits per heavy atom. The molecule has 0 spiro atoms. The van der Waals surface area contributed by atoms with E-state index in [9.17, 15) is 0 Å². The molecule has 1 aromatic carbocycles. The summed E-state index contributed by atoms with van der Waals surface area (Å²) in [6.07, 6.45) is 7.71. The second-order valence-corrected chi connectivity index (χ2v) is 7.30. The number of hydrogen-bond donors (Lipinski definition) is 1. The Kier molecular flexibility index (Phi) is 3.82. The van der Waals surface area contributed by atoms with Crippen molar-refractivity contribution in [2.45, 2.75) is 50.5 Å². The van der Waals surface area contributed by atoms with Crippen molar-refractivity contribution in [3.05, 3.63) is 23.2 Å². The van der Waals surface area contributed by atoms with Gasteiger partial charge in [-0.15, -0.1) is 11.3 Å². The van der Waals surface area contributed by atoms with Crippen molar-refractivity contribution in [2.24, 2.45) is 0 Å². The molecule has 112 valence electrons. The van der Waals surface area contributed by atoms with Crippen LogP contribution in [0.25, 0.3) is 10.2 Å². The van der Waals surface area contributed by atoms with Crippen LogP contribution < -0.4 is 10.1 Å². The number of piperidine rings is 1. The Labute approximate surface area is 129 Å². The molecule has 2 heterocycles. The van der Waals surface area contributed by atoms with Gasteiger partial charge in [0.05, 0.1) is 21.8 Å². The minimum atomic E-state index is 0.646. The van der Waals surface area contributed by atoms with Crippen LogP contribution in [0.2, 0.25) is 0 Å². The van der Waals surface area contributed by atoms with Crippen LogP contribution in [0.15, 0.2) is 18.2 Å². The third-order valence-corrected chi connectivity index (χ3v) is 5.63. The monoisotopic (exact) mass is 302 g/mol. The van der Waals surface area contributed by atoms with Crippen molar-refractivity contribution in [1.29, 1.82) is 0 Å². The average Bonchev–Trinajstić information content (AvgIpc) is 3.28. The largest absolute Gasteiger partial charge is 0.493 e. The van der Waals surface area contributed by atoms with E-state index in [-0.39, 0.29) is 0 Å². The fourth-order valence-corrected chi connectivity index (χ4v) is 4.17. The van der Waals surface area contributed by atoms with Crippen LogP contribution in [-0.2, 0) is 0 Å². The van der Waals surface area contributed by atoms with Crippen LogP contribution in [0.5, 0.6) is 5.75 Å². The van der Waals surface area contributed by atoms with Gasteiger partial charge in [0.1, 0.15) is 5.75 Å². The maximum Gasteiger partial charge on any atom is 0.120 e. The number of rotatable bonds is 5. The van der Waals surface area contributed by atoms with E-state index in [0.717, 1.165) is 30.2 Å². The van der Waals surface area contributed by atoms with Crippen LogP contribution in [0.1, 0.15) is 49.5 Å². The molecular formula is C17H22N2OS. The van der Waals surface area contributed by atoms with Gasteiger partial charge in [-0.25, -0.2) is 4.98 Å². The van der Waals surface area contributed by atoms with Gasteiger partial charge >= 0.3 is 0 Å². The first-order valence-electron chi connectivity index (χ1n) is 8.15. The summed E-state index contributed by atoms with van der Waals surface area (Å²) in [5.41, 5.74) is 1.13. The second kappa shape index (κ2) is 5.93. The molecule has 2 fully saturated rings. The summed E-state index contributed by atoms with van der Waals surface area (Å²) in [6, 6.07) is 6.97. The highest BCUT2D eigenvalue weighted by Gasteiger charge is 2.27. The third kappa shape index (κ3) is 3.22. The van der Waals surface area contributed by atoms with Crippen molar-refractivity contribution < 1.29 is 4.74 Å². The number of hydrogen-bond acceptors (Lipinski definition) is 4. The predicted molar refractivity (Wildman–Crippen MR) is 87.3 cm³/mol. The molecule has 4 rings (SSSR count). The number of ether oxygens (including phenoxy) is 1. The zero-order valence-corrected chi connectivity index (χ0v) is 13.1. The summed E-state index contributed by atoms with van der Waals surface area (Å²) in [6.45, 7) is 1.97. The molecule has 3 nitrogen and oxygen atoms in total. The van der Waals surface area contributed by atoms with Gasteiger partial charge in [0.25, 0.3) is 0 Å². The van der Waals surface area contributed by atoms with E-state index >= 15 is 0 Å². The van der Waals surface area contributed by atoms with E-state index in [2.05, 4.69) is 23.5 Å². The fourth-order valence-electron chi connectivity index (χ4n) is 3.01. The van der Waals surface area contributed by atoms with E-state index in [0.29, 0.717) is 6.04 Å². The molecule has 1 saturated heterocycles. The maximum atomic E-state index is 5.94. The Hall–Kier alpha value is -1.13. The van der Waals surface area contributed by atoms with Crippen LogP contribution in [-0.4, -0.2) is 24.2 Å². The summed E-state index contributed by atoms with van der Waals surface area (Å²) < 4.78 is 7.21. The van der Waals surface area contributed by atoms with Crippen LogP contribution in [0, 0.1) is 0 Å². The molecular weight excluding hydrogens is 280 g/mol. The minimum Gasteiger partial charge on any atom is -0.493 e. The van der Waals surface area contributed by atoms with E-state index in [1.165, 1.54) is 48.4 Å². The smallest absolute Gasteiger partial charge is 0.120 e. The van der Waals surface area contributed by atoms with Crippen molar-refractivity contribution in [3.63, 3.8) is 0 Å². The summed E-state index contributed by atoms with van der Waals surface area (Å²) >= 11 is 1.84. The predicted octanol–water partition coefficient (Wildman–Crippen LogP) is 4.08. The molecule has 0 amide bonds. The number of benzene rings is 1. The van der Waals surface area contributed by atoms with Gasteiger partial charge in [-0.3, -0.25) is 0 Å². The first-order chi connectivity index (χ1) is 10.4. The van der Waals surface area contributed by atoms with Crippen molar-refractivity contribution in [3.8, 4) is 5.75 Å². The molecule has 1 unspecified atom stereocenters. The lowest BCUT2D eigenvalue weighted by atomic mass is 10.0. The summed E-state index contributed by atoms with van der Waals surface area (Å²) in [5.74, 6) is 1.73. The number of nitrogens with zero attached hydrogens (tertiary/aromatic N) is 1. The fraction of sp³-hybridized carbons (Fsp3) is 0.588. The Balaban J connectivity index is 1.37. The number of thiazole rings is 1. The van der Waals surface area contributed by atoms with E-state index < -0.39 is 0 Å². The quantitative estimate of drug-likeness (QED) is 0.903. The van der Waals surface area contributed by atoms with Gasteiger partial charge in [0.15, 0.2) is 0 Å². The van der Waals surface area contributed by atoms with Gasteiger partial charge in [0.2, 0.25) is 0 Å². The van der Waals surface area contributed by atoms with Gasteiger partial charge in [-0.2, -0.15) is 0 Å². The average molecular weight is 302 g/mol. The van der Waals surface area contributed by atoms with E-state index in [4.69, 9.17) is 9.72 Å². The highest BCUT2D eigenvalue weighted by molar-refractivity contribution is 7.18. The summed E-state index contributed by atoms with van der Waals surface area (Å²) in [4.78, 5) is 4.72.